The van der Waals surface area contributed by atoms with Crippen LogP contribution in [-0.4, -0.2) is 42.1 Å². The Bertz CT molecular complexity index is 220. The van der Waals surface area contributed by atoms with Crippen LogP contribution in [0, 0.1) is 5.41 Å². The summed E-state index contributed by atoms with van der Waals surface area (Å²) in [5.74, 6) is 0. The highest BCUT2D eigenvalue weighted by molar-refractivity contribution is 9.09. The SMILES string of the molecule is CC(C)(CBr)CN1CCOC2CCCC21. The van der Waals surface area contributed by atoms with Crippen LogP contribution in [0.15, 0.2) is 0 Å². The summed E-state index contributed by atoms with van der Waals surface area (Å²) in [6, 6.07) is 0.706. The Hall–Kier alpha value is 0.400. The van der Waals surface area contributed by atoms with Crippen LogP contribution in [0.2, 0.25) is 0 Å². The standard InChI is InChI=1S/C12H22BrNO/c1-12(2,8-13)9-14-6-7-15-11-5-3-4-10(11)14/h10-11H,3-9H2,1-2H3. The van der Waals surface area contributed by atoms with Crippen LogP contribution in [0.1, 0.15) is 33.1 Å². The average molecular weight is 276 g/mol. The zero-order chi connectivity index (χ0) is 10.9. The van der Waals surface area contributed by atoms with E-state index >= 15 is 0 Å². The molecule has 1 aliphatic carbocycles. The lowest BCUT2D eigenvalue weighted by Gasteiger charge is -2.41. The number of nitrogens with zero attached hydrogens (tertiary/aromatic N) is 1. The molecule has 0 aromatic heterocycles. The number of rotatable bonds is 3. The minimum absolute atomic E-state index is 0.379. The van der Waals surface area contributed by atoms with E-state index in [9.17, 15) is 0 Å². The summed E-state index contributed by atoms with van der Waals surface area (Å²) in [5.41, 5.74) is 0.379. The molecule has 1 saturated carbocycles. The van der Waals surface area contributed by atoms with Gasteiger partial charge in [-0.3, -0.25) is 4.90 Å². The molecule has 0 spiro atoms. The van der Waals surface area contributed by atoms with Crippen LogP contribution in [0.25, 0.3) is 0 Å². The molecule has 0 aromatic carbocycles. The maximum absolute atomic E-state index is 5.83. The maximum Gasteiger partial charge on any atom is 0.0730 e. The van der Waals surface area contributed by atoms with Crippen LogP contribution in [-0.2, 0) is 4.74 Å². The Labute approximate surface area is 101 Å². The predicted molar refractivity (Wildman–Crippen MR) is 66.5 cm³/mol. The number of morpholine rings is 1. The van der Waals surface area contributed by atoms with Gasteiger partial charge in [-0.05, 0) is 24.7 Å². The molecule has 0 radical (unpaired) electrons. The number of fused-ring (bicyclic) bond motifs is 1. The number of hydrogen-bond acceptors (Lipinski definition) is 2. The van der Waals surface area contributed by atoms with Crippen molar-refractivity contribution in [2.45, 2.75) is 45.3 Å². The van der Waals surface area contributed by atoms with E-state index in [2.05, 4.69) is 34.7 Å². The van der Waals surface area contributed by atoms with Gasteiger partial charge in [0.15, 0.2) is 0 Å². The van der Waals surface area contributed by atoms with Gasteiger partial charge in [-0.25, -0.2) is 0 Å². The van der Waals surface area contributed by atoms with Gasteiger partial charge in [-0.1, -0.05) is 29.8 Å². The van der Waals surface area contributed by atoms with Gasteiger partial charge in [-0.15, -0.1) is 0 Å². The third kappa shape index (κ3) is 2.75. The van der Waals surface area contributed by atoms with E-state index in [-0.39, 0.29) is 0 Å². The van der Waals surface area contributed by atoms with Crippen molar-refractivity contribution in [2.75, 3.05) is 25.0 Å². The third-order valence-electron chi connectivity index (χ3n) is 3.59. The molecule has 3 heteroatoms. The lowest BCUT2D eigenvalue weighted by Crippen LogP contribution is -2.51. The average Bonchev–Trinajstić information content (AvgIpc) is 2.66. The molecule has 0 aromatic rings. The molecule has 0 amide bonds. The molecule has 0 N–H and O–H groups in total. The summed E-state index contributed by atoms with van der Waals surface area (Å²) in [6.45, 7) is 7.92. The largest absolute Gasteiger partial charge is 0.375 e. The van der Waals surface area contributed by atoms with Gasteiger partial charge in [0.25, 0.3) is 0 Å². The summed E-state index contributed by atoms with van der Waals surface area (Å²) in [7, 11) is 0. The van der Waals surface area contributed by atoms with Gasteiger partial charge in [0.1, 0.15) is 0 Å². The van der Waals surface area contributed by atoms with Crippen molar-refractivity contribution in [2.24, 2.45) is 5.41 Å². The quantitative estimate of drug-likeness (QED) is 0.735. The van der Waals surface area contributed by atoms with Crippen molar-refractivity contribution in [3.05, 3.63) is 0 Å². The van der Waals surface area contributed by atoms with Crippen molar-refractivity contribution in [1.29, 1.82) is 0 Å². The fourth-order valence-corrected chi connectivity index (χ4v) is 2.97. The Morgan fingerprint density at radius 3 is 2.93 bits per heavy atom. The van der Waals surface area contributed by atoms with Gasteiger partial charge in [0.05, 0.1) is 12.7 Å². The third-order valence-corrected chi connectivity index (χ3v) is 5.11. The smallest absolute Gasteiger partial charge is 0.0730 e. The van der Waals surface area contributed by atoms with Crippen molar-refractivity contribution < 1.29 is 4.74 Å². The first kappa shape index (κ1) is 11.9. The van der Waals surface area contributed by atoms with Crippen LogP contribution in [0.5, 0.6) is 0 Å². The van der Waals surface area contributed by atoms with Gasteiger partial charge < -0.3 is 4.74 Å². The normalized spacial score (nSPS) is 33.0. The topological polar surface area (TPSA) is 12.5 Å². The van der Waals surface area contributed by atoms with Crippen LogP contribution in [0.3, 0.4) is 0 Å². The second kappa shape index (κ2) is 4.72. The zero-order valence-electron chi connectivity index (χ0n) is 9.84. The van der Waals surface area contributed by atoms with Crippen LogP contribution < -0.4 is 0 Å². The fraction of sp³-hybridized carbons (Fsp3) is 1.00. The van der Waals surface area contributed by atoms with Gasteiger partial charge in [-0.2, -0.15) is 0 Å². The molecule has 2 aliphatic rings. The minimum Gasteiger partial charge on any atom is -0.375 e. The molecule has 15 heavy (non-hydrogen) atoms. The Morgan fingerprint density at radius 1 is 1.40 bits per heavy atom. The summed E-state index contributed by atoms with van der Waals surface area (Å²) in [5, 5.41) is 1.08. The van der Waals surface area contributed by atoms with Gasteiger partial charge in [0.2, 0.25) is 0 Å². The molecular weight excluding hydrogens is 254 g/mol. The first-order valence-electron chi connectivity index (χ1n) is 6.04. The molecule has 2 rings (SSSR count). The molecular formula is C12H22BrNO. The number of ether oxygens (including phenoxy) is 1. The highest BCUT2D eigenvalue weighted by Crippen LogP contribution is 2.32. The number of hydrogen-bond donors (Lipinski definition) is 0. The molecule has 0 bridgehead atoms. The minimum atomic E-state index is 0.379. The first-order chi connectivity index (χ1) is 7.12. The van der Waals surface area contributed by atoms with Crippen molar-refractivity contribution in [3.8, 4) is 0 Å². The van der Waals surface area contributed by atoms with E-state index in [1.54, 1.807) is 0 Å². The van der Waals surface area contributed by atoms with Gasteiger partial charge in [0, 0.05) is 24.5 Å². The molecule has 1 heterocycles. The monoisotopic (exact) mass is 275 g/mol. The highest BCUT2D eigenvalue weighted by Gasteiger charge is 2.37. The Balaban J connectivity index is 1.96. The molecule has 88 valence electrons. The lowest BCUT2D eigenvalue weighted by atomic mass is 9.94. The number of halogens is 1. The molecule has 2 nitrogen and oxygen atoms in total. The van der Waals surface area contributed by atoms with Crippen molar-refractivity contribution >= 4 is 15.9 Å². The molecule has 2 atom stereocenters. The summed E-state index contributed by atoms with van der Waals surface area (Å²) < 4.78 is 5.83. The second-order valence-electron chi connectivity index (χ2n) is 5.68. The molecule has 1 saturated heterocycles. The summed E-state index contributed by atoms with van der Waals surface area (Å²) in [4.78, 5) is 2.66. The van der Waals surface area contributed by atoms with Crippen LogP contribution >= 0.6 is 15.9 Å². The van der Waals surface area contributed by atoms with E-state index in [0.717, 1.165) is 18.5 Å². The van der Waals surface area contributed by atoms with E-state index < -0.39 is 0 Å². The van der Waals surface area contributed by atoms with Crippen LogP contribution in [0.4, 0.5) is 0 Å². The number of alkyl halides is 1. The van der Waals surface area contributed by atoms with Crippen molar-refractivity contribution in [1.82, 2.24) is 4.90 Å². The molecule has 2 unspecified atom stereocenters. The first-order valence-corrected chi connectivity index (χ1v) is 7.16. The van der Waals surface area contributed by atoms with E-state index in [1.807, 2.05) is 0 Å². The Kier molecular flexibility index (Phi) is 3.74. The van der Waals surface area contributed by atoms with Gasteiger partial charge >= 0.3 is 0 Å². The van der Waals surface area contributed by atoms with E-state index in [4.69, 9.17) is 4.74 Å². The van der Waals surface area contributed by atoms with Crippen molar-refractivity contribution in [3.63, 3.8) is 0 Å². The summed E-state index contributed by atoms with van der Waals surface area (Å²) >= 11 is 3.61. The predicted octanol–water partition coefficient (Wildman–Crippen LogP) is 2.66. The lowest BCUT2D eigenvalue weighted by molar-refractivity contribution is -0.0642. The maximum atomic E-state index is 5.83. The molecule has 1 aliphatic heterocycles. The molecule has 2 fully saturated rings. The fourth-order valence-electron chi connectivity index (χ4n) is 2.79. The second-order valence-corrected chi connectivity index (χ2v) is 6.24. The van der Waals surface area contributed by atoms with E-state index in [1.165, 1.54) is 25.8 Å². The highest BCUT2D eigenvalue weighted by atomic mass is 79.9. The van der Waals surface area contributed by atoms with E-state index in [0.29, 0.717) is 17.6 Å². The zero-order valence-corrected chi connectivity index (χ0v) is 11.4. The Morgan fingerprint density at radius 2 is 2.20 bits per heavy atom. The summed E-state index contributed by atoms with van der Waals surface area (Å²) in [6.07, 6.45) is 4.49.